The minimum absolute atomic E-state index is 0.0343. The molecule has 1 rings (SSSR count). The molecule has 3 heteroatoms. The molecule has 0 bridgehead atoms. The van der Waals surface area contributed by atoms with E-state index in [2.05, 4.69) is 4.99 Å². The van der Waals surface area contributed by atoms with Gasteiger partial charge in [0.15, 0.2) is 6.73 Å². The second-order valence-electron chi connectivity index (χ2n) is 2.34. The smallest absolute Gasteiger partial charge is 0.238 e. The van der Waals surface area contributed by atoms with Gasteiger partial charge in [0, 0.05) is 0 Å². The number of aliphatic imine (C=N–C) groups is 1. The summed E-state index contributed by atoms with van der Waals surface area (Å²) in [5.41, 5.74) is 1.17. The highest BCUT2D eigenvalue weighted by Gasteiger charge is 1.89. The Hall–Kier alpha value is -1.60. The Bertz CT molecular complexity index is 286. The van der Waals surface area contributed by atoms with E-state index < -0.39 is 0 Å². The Morgan fingerprint density at radius 1 is 1.42 bits per heavy atom. The Kier molecular flexibility index (Phi) is 3.05. The van der Waals surface area contributed by atoms with Crippen molar-refractivity contribution in [2.45, 2.75) is 6.92 Å². The summed E-state index contributed by atoms with van der Waals surface area (Å²) in [6.07, 6.45) is 1.40. The van der Waals surface area contributed by atoms with Gasteiger partial charge >= 0.3 is 0 Å². The van der Waals surface area contributed by atoms with Crippen molar-refractivity contribution < 1.29 is 9.53 Å². The van der Waals surface area contributed by atoms with Crippen molar-refractivity contribution in [3.63, 3.8) is 0 Å². The van der Waals surface area contributed by atoms with E-state index in [9.17, 15) is 4.79 Å². The lowest BCUT2D eigenvalue weighted by molar-refractivity contribution is 0.330. The molecular weight excluding hydrogens is 154 g/mol. The number of aryl methyl sites for hydroxylation is 1. The van der Waals surface area contributed by atoms with Gasteiger partial charge in [0.05, 0.1) is 0 Å². The molecule has 0 heterocycles. The van der Waals surface area contributed by atoms with Gasteiger partial charge in [-0.05, 0) is 19.1 Å². The number of isocyanates is 1. The third kappa shape index (κ3) is 2.56. The first-order chi connectivity index (χ1) is 5.83. The van der Waals surface area contributed by atoms with Gasteiger partial charge in [-0.25, -0.2) is 4.79 Å². The SMILES string of the molecule is Cc1ccc(OCN=C=O)cc1. The summed E-state index contributed by atoms with van der Waals surface area (Å²) in [6, 6.07) is 7.52. The quantitative estimate of drug-likeness (QED) is 0.502. The first kappa shape index (κ1) is 8.50. The molecule has 3 nitrogen and oxygen atoms in total. The molecule has 1 aromatic carbocycles. The second-order valence-corrected chi connectivity index (χ2v) is 2.34. The second kappa shape index (κ2) is 4.31. The predicted octanol–water partition coefficient (Wildman–Crippen LogP) is 1.67. The maximum Gasteiger partial charge on any atom is 0.238 e. The van der Waals surface area contributed by atoms with Crippen LogP contribution in [-0.4, -0.2) is 12.8 Å². The highest BCUT2D eigenvalue weighted by atomic mass is 16.5. The van der Waals surface area contributed by atoms with Crippen LogP contribution in [0.15, 0.2) is 29.3 Å². The topological polar surface area (TPSA) is 38.7 Å². The molecule has 1 aromatic rings. The van der Waals surface area contributed by atoms with Gasteiger partial charge in [-0.15, -0.1) is 0 Å². The molecule has 0 spiro atoms. The zero-order valence-electron chi connectivity index (χ0n) is 6.78. The van der Waals surface area contributed by atoms with Gasteiger partial charge in [-0.2, -0.15) is 4.99 Å². The van der Waals surface area contributed by atoms with Crippen LogP contribution in [0.1, 0.15) is 5.56 Å². The van der Waals surface area contributed by atoms with Gasteiger partial charge < -0.3 is 4.74 Å². The normalized spacial score (nSPS) is 8.75. The number of rotatable bonds is 3. The molecule has 0 aliphatic heterocycles. The van der Waals surface area contributed by atoms with Crippen LogP contribution in [0.3, 0.4) is 0 Å². The third-order valence-electron chi connectivity index (χ3n) is 1.38. The Labute approximate surface area is 70.7 Å². The molecule has 0 radical (unpaired) electrons. The van der Waals surface area contributed by atoms with E-state index in [1.165, 1.54) is 11.6 Å². The number of nitrogens with zero attached hydrogens (tertiary/aromatic N) is 1. The summed E-state index contributed by atoms with van der Waals surface area (Å²) in [5, 5.41) is 0. The summed E-state index contributed by atoms with van der Waals surface area (Å²) in [6.45, 7) is 2.03. The largest absolute Gasteiger partial charge is 0.471 e. The minimum atomic E-state index is 0.0343. The van der Waals surface area contributed by atoms with E-state index in [1.54, 1.807) is 0 Å². The zero-order valence-corrected chi connectivity index (χ0v) is 6.78. The zero-order chi connectivity index (χ0) is 8.81. The van der Waals surface area contributed by atoms with Crippen LogP contribution in [0.5, 0.6) is 5.75 Å². The highest BCUT2D eigenvalue weighted by Crippen LogP contribution is 2.10. The summed E-state index contributed by atoms with van der Waals surface area (Å²) in [5.74, 6) is 0.708. The minimum Gasteiger partial charge on any atom is -0.471 e. The maximum absolute atomic E-state index is 9.68. The summed E-state index contributed by atoms with van der Waals surface area (Å²) in [7, 11) is 0. The molecule has 0 aromatic heterocycles. The van der Waals surface area contributed by atoms with Crippen molar-refractivity contribution in [3.8, 4) is 5.75 Å². The first-order valence-corrected chi connectivity index (χ1v) is 3.56. The van der Waals surface area contributed by atoms with Crippen LogP contribution in [0.4, 0.5) is 0 Å². The summed E-state index contributed by atoms with van der Waals surface area (Å²) in [4.78, 5) is 12.9. The lowest BCUT2D eigenvalue weighted by Crippen LogP contribution is -1.92. The van der Waals surface area contributed by atoms with Crippen molar-refractivity contribution in [3.05, 3.63) is 29.8 Å². The predicted molar refractivity (Wildman–Crippen MR) is 44.8 cm³/mol. The maximum atomic E-state index is 9.68. The molecule has 0 unspecified atom stereocenters. The van der Waals surface area contributed by atoms with Gasteiger partial charge in [0.2, 0.25) is 6.08 Å². The van der Waals surface area contributed by atoms with Crippen LogP contribution in [-0.2, 0) is 4.79 Å². The average Bonchev–Trinajstić information content (AvgIpc) is 2.09. The van der Waals surface area contributed by atoms with Crippen LogP contribution >= 0.6 is 0 Å². The molecule has 62 valence electrons. The van der Waals surface area contributed by atoms with E-state index in [0.29, 0.717) is 5.75 Å². The van der Waals surface area contributed by atoms with Crippen molar-refractivity contribution in [1.82, 2.24) is 0 Å². The molecular formula is C9H9NO2. The molecule has 0 amide bonds. The van der Waals surface area contributed by atoms with Crippen LogP contribution < -0.4 is 4.74 Å². The fraction of sp³-hybridized carbons (Fsp3) is 0.222. The summed E-state index contributed by atoms with van der Waals surface area (Å²) >= 11 is 0. The van der Waals surface area contributed by atoms with Gasteiger partial charge in [-0.3, -0.25) is 0 Å². The van der Waals surface area contributed by atoms with Crippen LogP contribution in [0.2, 0.25) is 0 Å². The molecule has 0 fully saturated rings. The van der Waals surface area contributed by atoms with E-state index in [-0.39, 0.29) is 6.73 Å². The number of carbonyl (C=O) groups excluding carboxylic acids is 1. The molecule has 0 saturated heterocycles. The number of benzene rings is 1. The summed E-state index contributed by atoms with van der Waals surface area (Å²) < 4.78 is 5.07. The van der Waals surface area contributed by atoms with E-state index in [0.717, 1.165) is 0 Å². The van der Waals surface area contributed by atoms with Crippen molar-refractivity contribution in [2.75, 3.05) is 6.73 Å². The van der Waals surface area contributed by atoms with E-state index in [1.807, 2.05) is 31.2 Å². The van der Waals surface area contributed by atoms with Gasteiger partial charge in [-0.1, -0.05) is 17.7 Å². The molecule has 12 heavy (non-hydrogen) atoms. The van der Waals surface area contributed by atoms with E-state index in [4.69, 9.17) is 4.74 Å². The number of hydrogen-bond donors (Lipinski definition) is 0. The molecule has 0 aliphatic rings. The number of hydrogen-bond acceptors (Lipinski definition) is 3. The lowest BCUT2D eigenvalue weighted by Gasteiger charge is -2.00. The Morgan fingerprint density at radius 2 is 2.08 bits per heavy atom. The fourth-order valence-electron chi connectivity index (χ4n) is 0.768. The monoisotopic (exact) mass is 163 g/mol. The van der Waals surface area contributed by atoms with Crippen molar-refractivity contribution in [1.29, 1.82) is 0 Å². The van der Waals surface area contributed by atoms with Crippen LogP contribution in [0, 0.1) is 6.92 Å². The first-order valence-electron chi connectivity index (χ1n) is 3.56. The molecule has 0 N–H and O–H groups in total. The van der Waals surface area contributed by atoms with Crippen LogP contribution in [0.25, 0.3) is 0 Å². The Balaban J connectivity index is 2.53. The van der Waals surface area contributed by atoms with Gasteiger partial charge in [0.1, 0.15) is 5.75 Å². The third-order valence-corrected chi connectivity index (χ3v) is 1.38. The Morgan fingerprint density at radius 3 is 2.67 bits per heavy atom. The lowest BCUT2D eigenvalue weighted by atomic mass is 10.2. The van der Waals surface area contributed by atoms with Crippen molar-refractivity contribution in [2.24, 2.45) is 4.99 Å². The standard InChI is InChI=1S/C9H9NO2/c1-8-2-4-9(5-3-8)12-7-10-6-11/h2-5H,7H2,1H3. The average molecular weight is 163 g/mol. The highest BCUT2D eigenvalue weighted by molar-refractivity contribution is 5.32. The molecule has 0 aliphatic carbocycles. The molecule has 0 atom stereocenters. The molecule has 0 saturated carbocycles. The van der Waals surface area contributed by atoms with Crippen molar-refractivity contribution >= 4 is 6.08 Å². The van der Waals surface area contributed by atoms with E-state index >= 15 is 0 Å². The number of ether oxygens (including phenoxy) is 1. The van der Waals surface area contributed by atoms with Gasteiger partial charge in [0.25, 0.3) is 0 Å². The fourth-order valence-corrected chi connectivity index (χ4v) is 0.768.